The predicted octanol–water partition coefficient (Wildman–Crippen LogP) is 7.48. The average Bonchev–Trinajstić information content (AvgIpc) is 3.29. The van der Waals surface area contributed by atoms with Crippen molar-refractivity contribution in [3.63, 3.8) is 0 Å². The number of hydrogen-bond acceptors (Lipinski definition) is 20. The molecule has 0 atom stereocenters. The largest absolute Gasteiger partial charge is 0.534 e. The van der Waals surface area contributed by atoms with Crippen molar-refractivity contribution < 1.29 is 79.0 Å². The number of methoxy groups -OCH3 is 2. The van der Waals surface area contributed by atoms with Crippen molar-refractivity contribution in [3.05, 3.63) is 122 Å². The van der Waals surface area contributed by atoms with Crippen molar-refractivity contribution in [2.45, 2.75) is 5.51 Å². The Bertz CT molecular complexity index is 2450. The molecule has 1 N–H and O–H groups in total. The Kier molecular flexibility index (Phi) is 21.6. The van der Waals surface area contributed by atoms with Crippen molar-refractivity contribution in [2.75, 3.05) is 90.2 Å². The Morgan fingerprint density at radius 3 is 1.36 bits per heavy atom. The Labute approximate surface area is 394 Å². The van der Waals surface area contributed by atoms with Gasteiger partial charge in [-0.2, -0.15) is 21.6 Å². The maximum atomic E-state index is 12.4. The fourth-order valence-corrected chi connectivity index (χ4v) is 6.59. The van der Waals surface area contributed by atoms with Gasteiger partial charge in [0.1, 0.15) is 17.2 Å². The number of aromatic hydroxyl groups is 1. The molecule has 0 radical (unpaired) electrons. The van der Waals surface area contributed by atoms with Crippen LogP contribution >= 0.6 is 31.9 Å². The van der Waals surface area contributed by atoms with E-state index in [1.807, 2.05) is 4.90 Å². The zero-order valence-electron chi connectivity index (χ0n) is 34.9. The highest BCUT2D eigenvalue weighted by Crippen LogP contribution is 2.37. The molecule has 2 heterocycles. The molecule has 2 aliphatic heterocycles. The molecule has 6 rings (SSSR count). The normalized spacial score (nSPS) is 13.5. The number of rotatable bonds is 14. The van der Waals surface area contributed by atoms with Crippen LogP contribution in [0, 0.1) is 40.5 Å². The highest BCUT2D eigenvalue weighted by atomic mass is 79.9. The van der Waals surface area contributed by atoms with Crippen LogP contribution in [0.3, 0.4) is 0 Å². The van der Waals surface area contributed by atoms with E-state index in [4.69, 9.17) is 33.5 Å². The average molecular weight is 1100 g/mol. The maximum absolute atomic E-state index is 12.4. The van der Waals surface area contributed by atoms with Crippen LogP contribution in [-0.2, 0) is 29.1 Å². The molecular weight excluding hydrogens is 1070 g/mol. The number of phenols is 1. The summed E-state index contributed by atoms with van der Waals surface area (Å²) in [6.45, 7) is 3.73. The second-order valence-electron chi connectivity index (χ2n) is 12.9. The molecule has 0 saturated carbocycles. The number of nitro groups is 4. The molecule has 0 amide bonds. The second-order valence-corrected chi connectivity index (χ2v) is 16.1. The van der Waals surface area contributed by atoms with Gasteiger partial charge in [0, 0.05) is 88.9 Å². The lowest BCUT2D eigenvalue weighted by atomic mass is 10.2. The molecule has 4 aromatic carbocycles. The third kappa shape index (κ3) is 17.2. The first-order valence-corrected chi connectivity index (χ1v) is 21.6. The van der Waals surface area contributed by atoms with Crippen LogP contribution in [0.15, 0.2) is 81.7 Å². The minimum absolute atomic E-state index is 0.00407. The summed E-state index contributed by atoms with van der Waals surface area (Å²) in [6, 6.07) is 15.2. The number of anilines is 2. The summed E-state index contributed by atoms with van der Waals surface area (Å²) in [6.07, 6.45) is 0. The summed E-state index contributed by atoms with van der Waals surface area (Å²) in [4.78, 5) is 43.6. The summed E-state index contributed by atoms with van der Waals surface area (Å²) in [5.74, 6) is 0.456. The van der Waals surface area contributed by atoms with E-state index in [-0.39, 0.29) is 68.4 Å². The van der Waals surface area contributed by atoms with Crippen molar-refractivity contribution in [1.29, 1.82) is 0 Å². The van der Waals surface area contributed by atoms with Gasteiger partial charge < -0.3 is 47.5 Å². The predicted molar refractivity (Wildman–Crippen MR) is 236 cm³/mol. The van der Waals surface area contributed by atoms with Crippen LogP contribution in [0.1, 0.15) is 0 Å². The molecule has 0 bridgehead atoms. The van der Waals surface area contributed by atoms with E-state index >= 15 is 0 Å². The van der Waals surface area contributed by atoms with Gasteiger partial charge in [0.05, 0.1) is 66.4 Å². The first-order chi connectivity index (χ1) is 31.6. The maximum Gasteiger partial charge on any atom is 0.534 e. The zero-order valence-corrected chi connectivity index (χ0v) is 38.9. The molecule has 0 aromatic heterocycles. The molecule has 67 heavy (non-hydrogen) atoms. The molecule has 2 saturated heterocycles. The van der Waals surface area contributed by atoms with E-state index in [1.54, 1.807) is 6.07 Å². The lowest BCUT2D eigenvalue weighted by molar-refractivity contribution is -0.385. The van der Waals surface area contributed by atoms with Crippen LogP contribution in [0.25, 0.3) is 0 Å². The number of non-ortho nitro benzene ring substituents is 4. The van der Waals surface area contributed by atoms with Crippen molar-refractivity contribution >= 4 is 76.1 Å². The number of nitro benzene ring substituents is 4. The van der Waals surface area contributed by atoms with E-state index in [9.17, 15) is 62.0 Å². The molecule has 366 valence electrons. The number of halogens is 5. The second kappa shape index (κ2) is 26.2. The van der Waals surface area contributed by atoms with E-state index in [1.165, 1.54) is 67.7 Å². The summed E-state index contributed by atoms with van der Waals surface area (Å²) in [7, 11) is -2.85. The number of morpholine rings is 2. The molecule has 2 aliphatic rings. The quantitative estimate of drug-likeness (QED) is 0.0420. The number of benzene rings is 4. The van der Waals surface area contributed by atoms with Crippen LogP contribution < -0.4 is 23.5 Å². The number of nitrogens with zero attached hydrogens (tertiary/aromatic N) is 6. The highest BCUT2D eigenvalue weighted by Gasteiger charge is 2.49. The molecule has 24 nitrogen and oxygen atoms in total. The fourth-order valence-electron chi connectivity index (χ4n) is 5.27. The molecular formula is C37H39Br2F3N6O18S. The minimum atomic E-state index is -5.87. The van der Waals surface area contributed by atoms with Gasteiger partial charge in [-0.25, -0.2) is 0 Å². The van der Waals surface area contributed by atoms with Gasteiger partial charge in [-0.3, -0.25) is 40.5 Å². The Hall–Kier alpha value is -6.18. The lowest BCUT2D eigenvalue weighted by Crippen LogP contribution is -2.37. The standard InChI is InChI=1S/C12H16N2O5.C11H11F3N2O6S.C8H8BrNO4.C6H4BrNO3/c1-17-9-19-12-3-2-10(14(15)16)8-11(12)13-4-6-18-7-5-13;12-11(13,14)23(19,20)22-10-2-1-8(16(17)18)7-9(10)15-3-5-21-6-4-15;1-13-5-14-8-3-2-6(10(11)12)4-7(8)9;7-5-3-4(8(10)11)1-2-6(5)9/h2-3,8H,4-7,9H2,1H3;1-2,7H,3-6H2;2-4H,5H2,1H3;1-3,9H. The van der Waals surface area contributed by atoms with Crippen molar-refractivity contribution in [2.24, 2.45) is 0 Å². The van der Waals surface area contributed by atoms with Gasteiger partial charge in [-0.1, -0.05) is 0 Å². The van der Waals surface area contributed by atoms with Gasteiger partial charge >= 0.3 is 15.6 Å². The van der Waals surface area contributed by atoms with Gasteiger partial charge in [0.25, 0.3) is 22.7 Å². The van der Waals surface area contributed by atoms with Gasteiger partial charge in [0.15, 0.2) is 19.3 Å². The molecule has 0 aliphatic carbocycles. The highest BCUT2D eigenvalue weighted by molar-refractivity contribution is 9.11. The Morgan fingerprint density at radius 2 is 0.970 bits per heavy atom. The SMILES string of the molecule is COCOc1ccc([N+](=O)[O-])cc1Br.COCOc1ccc([N+](=O)[O-])cc1N1CCOCC1.O=[N+]([O-])c1ccc(O)c(Br)c1.O=[N+]([O-])c1ccc(OS(=O)(=O)C(F)(F)F)c(N2CCOCC2)c1. The number of alkyl halides is 3. The van der Waals surface area contributed by atoms with Crippen molar-refractivity contribution in [3.8, 4) is 23.0 Å². The first-order valence-electron chi connectivity index (χ1n) is 18.6. The summed E-state index contributed by atoms with van der Waals surface area (Å²) in [5, 5.41) is 51.2. The van der Waals surface area contributed by atoms with Gasteiger partial charge in [-0.15, -0.1) is 0 Å². The third-order valence-corrected chi connectivity index (χ3v) is 10.6. The topological polar surface area (TPSA) is 298 Å². The Morgan fingerprint density at radius 1 is 0.612 bits per heavy atom. The van der Waals surface area contributed by atoms with Crippen LogP contribution in [-0.4, -0.2) is 119 Å². The minimum Gasteiger partial charge on any atom is -0.507 e. The molecule has 30 heteroatoms. The molecule has 0 spiro atoms. The van der Waals surface area contributed by atoms with Crippen LogP contribution in [0.4, 0.5) is 47.3 Å². The van der Waals surface area contributed by atoms with Crippen molar-refractivity contribution in [1.82, 2.24) is 0 Å². The van der Waals surface area contributed by atoms with Gasteiger partial charge in [-0.05, 0) is 56.1 Å². The van der Waals surface area contributed by atoms with E-state index in [0.717, 1.165) is 18.2 Å². The number of ether oxygens (including phenoxy) is 6. The number of hydrogen-bond donors (Lipinski definition) is 1. The molecule has 4 aromatic rings. The fraction of sp³-hybridized carbons (Fsp3) is 0.351. The first kappa shape index (κ1) is 55.1. The van der Waals surface area contributed by atoms with E-state index < -0.39 is 46.8 Å². The number of phenolic OH excluding ortho intramolecular Hbond substituents is 1. The smallest absolute Gasteiger partial charge is 0.507 e. The summed E-state index contributed by atoms with van der Waals surface area (Å²) in [5.41, 5.74) is -5.40. The molecule has 0 unspecified atom stereocenters. The third-order valence-electron chi connectivity index (χ3n) is 8.43. The summed E-state index contributed by atoms with van der Waals surface area (Å²) >= 11 is 6.12. The lowest BCUT2D eigenvalue weighted by Gasteiger charge is -2.30. The van der Waals surface area contributed by atoms with Crippen LogP contribution in [0.5, 0.6) is 23.0 Å². The zero-order chi connectivity index (χ0) is 49.9. The molecule has 2 fully saturated rings. The van der Waals surface area contributed by atoms with Gasteiger partial charge in [0.2, 0.25) is 0 Å². The van der Waals surface area contributed by atoms with Crippen LogP contribution in [0.2, 0.25) is 0 Å². The van der Waals surface area contributed by atoms with E-state index in [0.29, 0.717) is 52.4 Å². The monoisotopic (exact) mass is 1100 g/mol. The van der Waals surface area contributed by atoms with E-state index in [2.05, 4.69) is 36.0 Å². The summed E-state index contributed by atoms with van der Waals surface area (Å²) < 4.78 is 95.1. The Balaban J connectivity index is 0.000000245.